The number of nitrogens with two attached hydrogens (primary N) is 1. The van der Waals surface area contributed by atoms with Gasteiger partial charge in [0.15, 0.2) is 11.5 Å². The molecule has 0 aliphatic carbocycles. The summed E-state index contributed by atoms with van der Waals surface area (Å²) in [4.78, 5) is 22.5. The number of ether oxygens (including phenoxy) is 1. The molecular weight excluding hydrogens is 557 g/mol. The van der Waals surface area contributed by atoms with Crippen LogP contribution in [-0.4, -0.2) is 68.0 Å². The molecule has 2 atom stereocenters. The zero-order chi connectivity index (χ0) is 30.0. The van der Waals surface area contributed by atoms with Gasteiger partial charge in [0.2, 0.25) is 0 Å². The summed E-state index contributed by atoms with van der Waals surface area (Å²) in [5.74, 6) is 1.76. The predicted molar refractivity (Wildman–Crippen MR) is 175 cm³/mol. The number of imidazole rings is 1. The molecule has 3 N–H and O–H groups in total. The second-order valence-electron chi connectivity index (χ2n) is 12.4. The SMILES string of the molecule is C[C@H](Cn1cnc2c(N)ncnc21)OCP(=O)(O)OCCCCCCCCCCCCCCCCCCS(C)(C)C. The first-order chi connectivity index (χ1) is 19.6. The number of hydrogen-bond acceptors (Lipinski definition) is 7. The molecule has 41 heavy (non-hydrogen) atoms. The third kappa shape index (κ3) is 16.9. The minimum Gasteiger partial charge on any atom is -0.382 e. The van der Waals surface area contributed by atoms with Crippen LogP contribution >= 0.6 is 17.6 Å². The fourth-order valence-corrected chi connectivity index (χ4v) is 6.94. The molecule has 0 saturated heterocycles. The van der Waals surface area contributed by atoms with Crippen LogP contribution in [0.25, 0.3) is 11.2 Å². The molecule has 2 aromatic rings. The van der Waals surface area contributed by atoms with E-state index in [1.807, 2.05) is 6.92 Å². The summed E-state index contributed by atoms with van der Waals surface area (Å²) in [6.07, 6.45) is 30.4. The van der Waals surface area contributed by atoms with Gasteiger partial charge in [-0.25, -0.2) is 25.0 Å². The molecule has 2 aromatic heterocycles. The molecule has 1 unspecified atom stereocenters. The van der Waals surface area contributed by atoms with Gasteiger partial charge in [0.1, 0.15) is 18.2 Å². The van der Waals surface area contributed by atoms with Crippen molar-refractivity contribution < 1.29 is 18.7 Å². The fourth-order valence-electron chi connectivity index (χ4n) is 4.94. The van der Waals surface area contributed by atoms with E-state index in [1.54, 1.807) is 10.9 Å². The van der Waals surface area contributed by atoms with E-state index in [4.69, 9.17) is 15.0 Å². The molecule has 9 nitrogen and oxygen atoms in total. The average Bonchev–Trinajstić information content (AvgIpc) is 3.32. The van der Waals surface area contributed by atoms with Gasteiger partial charge in [-0.1, -0.05) is 89.9 Å². The molecular formula is C30H58N5O4PS. The maximum Gasteiger partial charge on any atom is 0.353 e. The average molecular weight is 616 g/mol. The Labute approximate surface area is 250 Å². The van der Waals surface area contributed by atoms with E-state index in [9.17, 15) is 9.46 Å². The minimum atomic E-state index is -3.78. The normalized spacial score (nSPS) is 14.9. The second kappa shape index (κ2) is 19.9. The summed E-state index contributed by atoms with van der Waals surface area (Å²) >= 11 is 0. The van der Waals surface area contributed by atoms with Crippen molar-refractivity contribution >= 4 is 34.6 Å². The van der Waals surface area contributed by atoms with Gasteiger partial charge < -0.3 is 24.5 Å². The highest BCUT2D eigenvalue weighted by Gasteiger charge is 2.21. The van der Waals surface area contributed by atoms with Gasteiger partial charge >= 0.3 is 7.60 Å². The van der Waals surface area contributed by atoms with Gasteiger partial charge in [-0.3, -0.25) is 4.57 Å². The molecule has 0 saturated carbocycles. The first-order valence-electron chi connectivity index (χ1n) is 15.7. The fraction of sp³-hybridized carbons (Fsp3) is 0.833. The van der Waals surface area contributed by atoms with Gasteiger partial charge in [0.25, 0.3) is 0 Å². The van der Waals surface area contributed by atoms with Gasteiger partial charge in [-0.15, -0.1) is 0 Å². The zero-order valence-electron chi connectivity index (χ0n) is 26.3. The molecule has 0 aromatic carbocycles. The third-order valence-corrected chi connectivity index (χ3v) is 9.92. The number of anilines is 1. The second-order valence-corrected chi connectivity index (χ2v) is 18.7. The van der Waals surface area contributed by atoms with E-state index in [2.05, 4.69) is 33.7 Å². The number of hydrogen-bond donors (Lipinski definition) is 2. The highest BCUT2D eigenvalue weighted by molar-refractivity contribution is 8.32. The van der Waals surface area contributed by atoms with Crippen molar-refractivity contribution in [1.29, 1.82) is 0 Å². The summed E-state index contributed by atoms with van der Waals surface area (Å²) in [7, 11) is -4.08. The first kappa shape index (κ1) is 36.0. The molecule has 0 amide bonds. The summed E-state index contributed by atoms with van der Waals surface area (Å²) in [5.41, 5.74) is 6.96. The Hall–Kier alpha value is -1.19. The van der Waals surface area contributed by atoms with Crippen LogP contribution in [0.15, 0.2) is 12.7 Å². The third-order valence-electron chi connectivity index (χ3n) is 7.35. The molecule has 0 bridgehead atoms. The van der Waals surface area contributed by atoms with Crippen molar-refractivity contribution in [3.05, 3.63) is 12.7 Å². The standard InChI is InChI=1S/C30H58N5O4PS/c1-27(23-35-25-34-28-29(31)32-24-33-30(28)35)38-26-40(36,37)39-21-19-17-15-13-11-9-7-5-6-8-10-12-14-16-18-20-22-41(2,3)4/h24-25,27H,5-23,26H2,1-4H3,(H,36,37)(H2,31,32,33)/t27-/m1/s1. The number of unbranched alkanes of at least 4 members (excludes halogenated alkanes) is 15. The largest absolute Gasteiger partial charge is 0.382 e. The van der Waals surface area contributed by atoms with Gasteiger partial charge in [0, 0.05) is 0 Å². The first-order valence-corrected chi connectivity index (χ1v) is 20.5. The zero-order valence-corrected chi connectivity index (χ0v) is 28.0. The lowest BCUT2D eigenvalue weighted by Crippen LogP contribution is -2.17. The lowest BCUT2D eigenvalue weighted by Gasteiger charge is -2.24. The van der Waals surface area contributed by atoms with Crippen LogP contribution in [0.4, 0.5) is 5.82 Å². The maximum atomic E-state index is 12.3. The Kier molecular flexibility index (Phi) is 17.5. The highest BCUT2D eigenvalue weighted by Crippen LogP contribution is 2.42. The van der Waals surface area contributed by atoms with E-state index in [-0.39, 0.29) is 29.1 Å². The summed E-state index contributed by atoms with van der Waals surface area (Å²) in [5, 5.41) is 0. The number of nitrogen functional groups attached to an aromatic ring is 1. The number of fused-ring (bicyclic) bond motifs is 1. The predicted octanol–water partition coefficient (Wildman–Crippen LogP) is 7.91. The molecule has 2 rings (SSSR count). The number of aromatic nitrogens is 4. The number of rotatable bonds is 25. The minimum absolute atomic E-state index is 0.283. The van der Waals surface area contributed by atoms with Crippen LogP contribution in [0.3, 0.4) is 0 Å². The van der Waals surface area contributed by atoms with Crippen molar-refractivity contribution in [2.75, 3.05) is 43.2 Å². The molecule has 238 valence electrons. The number of nitrogens with zero attached hydrogens (tertiary/aromatic N) is 4. The molecule has 11 heteroatoms. The van der Waals surface area contributed by atoms with Crippen LogP contribution in [0.5, 0.6) is 0 Å². The van der Waals surface area contributed by atoms with Crippen LogP contribution < -0.4 is 5.73 Å². The smallest absolute Gasteiger partial charge is 0.353 e. The van der Waals surface area contributed by atoms with Crippen LogP contribution in [-0.2, 0) is 20.4 Å². The highest BCUT2D eigenvalue weighted by atomic mass is 32.3. The topological polar surface area (TPSA) is 125 Å². The van der Waals surface area contributed by atoms with Crippen molar-refractivity contribution in [1.82, 2.24) is 19.5 Å². The van der Waals surface area contributed by atoms with Crippen LogP contribution in [0.2, 0.25) is 0 Å². The van der Waals surface area contributed by atoms with E-state index in [0.717, 1.165) is 19.3 Å². The monoisotopic (exact) mass is 615 g/mol. The summed E-state index contributed by atoms with van der Waals surface area (Å²) in [6.45, 7) is 2.53. The Morgan fingerprint density at radius 2 is 1.37 bits per heavy atom. The Morgan fingerprint density at radius 1 is 0.854 bits per heavy atom. The van der Waals surface area contributed by atoms with E-state index < -0.39 is 7.60 Å². The Balaban J connectivity index is 1.36. The van der Waals surface area contributed by atoms with Crippen LogP contribution in [0, 0.1) is 0 Å². The summed E-state index contributed by atoms with van der Waals surface area (Å²) in [6, 6.07) is 0. The Morgan fingerprint density at radius 3 is 1.90 bits per heavy atom. The van der Waals surface area contributed by atoms with E-state index in [0.29, 0.717) is 23.5 Å². The van der Waals surface area contributed by atoms with E-state index in [1.165, 1.54) is 95.6 Å². The lowest BCUT2D eigenvalue weighted by molar-refractivity contribution is 0.0715. The molecule has 2 heterocycles. The summed E-state index contributed by atoms with van der Waals surface area (Å²) < 4.78 is 25.0. The van der Waals surface area contributed by atoms with Gasteiger partial charge in [0.05, 0.1) is 25.6 Å². The van der Waals surface area contributed by atoms with Gasteiger partial charge in [-0.2, -0.15) is 0 Å². The molecule has 0 fully saturated rings. The van der Waals surface area contributed by atoms with E-state index >= 15 is 0 Å². The van der Waals surface area contributed by atoms with Crippen molar-refractivity contribution in [2.24, 2.45) is 0 Å². The Bertz CT molecular complexity index is 1020. The quantitative estimate of drug-likeness (QED) is 0.0853. The molecule has 0 aliphatic heterocycles. The molecule has 0 radical (unpaired) electrons. The maximum absolute atomic E-state index is 12.3. The molecule has 0 spiro atoms. The van der Waals surface area contributed by atoms with Crippen molar-refractivity contribution in [2.45, 2.75) is 122 Å². The van der Waals surface area contributed by atoms with Gasteiger partial charge in [-0.05, 0) is 44.3 Å². The molecule has 0 aliphatic rings. The van der Waals surface area contributed by atoms with Crippen LogP contribution in [0.1, 0.15) is 110 Å². The lowest BCUT2D eigenvalue weighted by atomic mass is 10.0. The van der Waals surface area contributed by atoms with Crippen molar-refractivity contribution in [3.8, 4) is 0 Å². The van der Waals surface area contributed by atoms with Crippen molar-refractivity contribution in [3.63, 3.8) is 0 Å².